The van der Waals surface area contributed by atoms with Crippen LogP contribution in [0.5, 0.6) is 0 Å². The van der Waals surface area contributed by atoms with Gasteiger partial charge in [-0.15, -0.1) is 0 Å². The molecule has 3 N–H and O–H groups in total. The van der Waals surface area contributed by atoms with Crippen molar-refractivity contribution in [2.45, 2.75) is 19.0 Å². The summed E-state index contributed by atoms with van der Waals surface area (Å²) in [6.45, 7) is 4.09. The molecule has 1 saturated heterocycles. The van der Waals surface area contributed by atoms with Gasteiger partial charge < -0.3 is 15.1 Å². The number of oxazole rings is 1. The lowest BCUT2D eigenvalue weighted by Crippen LogP contribution is -2.48. The van der Waals surface area contributed by atoms with Crippen LogP contribution < -0.4 is 16.4 Å². The van der Waals surface area contributed by atoms with Crippen LogP contribution in [0.2, 0.25) is 0 Å². The van der Waals surface area contributed by atoms with Crippen LogP contribution in [-0.4, -0.2) is 24.1 Å². The molecule has 5 nitrogen and oxygen atoms in total. The first-order chi connectivity index (χ1) is 8.24. The van der Waals surface area contributed by atoms with Gasteiger partial charge >= 0.3 is 5.76 Å². The summed E-state index contributed by atoms with van der Waals surface area (Å²) in [4.78, 5) is 13.8. The predicted molar refractivity (Wildman–Crippen MR) is 65.0 cm³/mol. The lowest BCUT2D eigenvalue weighted by atomic mass is 9.98. The minimum Gasteiger partial charge on any atom is -0.408 e. The Labute approximate surface area is 98.2 Å². The molecule has 0 bridgehead atoms. The van der Waals surface area contributed by atoms with Crippen LogP contribution in [0.25, 0.3) is 11.1 Å². The van der Waals surface area contributed by atoms with Crippen LogP contribution in [0.15, 0.2) is 27.4 Å². The molecule has 1 fully saturated rings. The second kappa shape index (κ2) is 4.01. The Bertz CT molecular complexity index is 587. The van der Waals surface area contributed by atoms with Crippen molar-refractivity contribution in [3.63, 3.8) is 0 Å². The van der Waals surface area contributed by atoms with Gasteiger partial charge in [-0.3, -0.25) is 4.98 Å². The van der Waals surface area contributed by atoms with Crippen molar-refractivity contribution in [1.82, 2.24) is 15.6 Å². The summed E-state index contributed by atoms with van der Waals surface area (Å²) in [6.07, 6.45) is 0. The van der Waals surface area contributed by atoms with Crippen LogP contribution in [0, 0.1) is 0 Å². The van der Waals surface area contributed by atoms with E-state index in [9.17, 15) is 4.79 Å². The first kappa shape index (κ1) is 10.6. The molecule has 2 atom stereocenters. The van der Waals surface area contributed by atoms with Gasteiger partial charge in [0.2, 0.25) is 0 Å². The van der Waals surface area contributed by atoms with E-state index in [2.05, 4.69) is 22.5 Å². The number of benzene rings is 1. The summed E-state index contributed by atoms with van der Waals surface area (Å²) >= 11 is 0. The molecule has 2 unspecified atom stereocenters. The van der Waals surface area contributed by atoms with Crippen molar-refractivity contribution in [3.8, 4) is 0 Å². The number of rotatable bonds is 1. The van der Waals surface area contributed by atoms with E-state index in [0.29, 0.717) is 11.6 Å². The molecule has 1 aliphatic heterocycles. The minimum absolute atomic E-state index is 0.270. The first-order valence-electron chi connectivity index (χ1n) is 5.83. The normalized spacial score (nSPS) is 25.2. The van der Waals surface area contributed by atoms with E-state index in [1.807, 2.05) is 18.2 Å². The van der Waals surface area contributed by atoms with Gasteiger partial charge in [0.05, 0.1) is 5.52 Å². The lowest BCUT2D eigenvalue weighted by molar-refractivity contribution is 0.346. The number of hydrogen-bond acceptors (Lipinski definition) is 4. The fraction of sp³-hybridized carbons (Fsp3) is 0.417. The molecule has 90 valence electrons. The second-order valence-corrected chi connectivity index (χ2v) is 4.44. The second-order valence-electron chi connectivity index (χ2n) is 4.44. The van der Waals surface area contributed by atoms with Crippen LogP contribution in [0.4, 0.5) is 0 Å². The largest absolute Gasteiger partial charge is 0.417 e. The zero-order valence-electron chi connectivity index (χ0n) is 9.62. The van der Waals surface area contributed by atoms with E-state index in [0.717, 1.165) is 24.2 Å². The van der Waals surface area contributed by atoms with Crippen molar-refractivity contribution in [1.29, 1.82) is 0 Å². The Morgan fingerprint density at radius 1 is 1.29 bits per heavy atom. The van der Waals surface area contributed by atoms with E-state index < -0.39 is 5.76 Å². The van der Waals surface area contributed by atoms with Gasteiger partial charge in [-0.2, -0.15) is 0 Å². The van der Waals surface area contributed by atoms with Gasteiger partial charge in [-0.1, -0.05) is 6.07 Å². The summed E-state index contributed by atoms with van der Waals surface area (Å²) in [5, 5.41) is 6.90. The van der Waals surface area contributed by atoms with Gasteiger partial charge in [0.1, 0.15) is 0 Å². The summed E-state index contributed by atoms with van der Waals surface area (Å²) in [7, 11) is 0. The Balaban J connectivity index is 2.01. The average Bonchev–Trinajstić information content (AvgIpc) is 2.68. The molecule has 5 heteroatoms. The molecule has 0 amide bonds. The summed E-state index contributed by atoms with van der Waals surface area (Å²) < 4.78 is 4.99. The molecule has 3 rings (SSSR count). The number of H-pyrrole nitrogens is 1. The molecule has 1 aromatic carbocycles. The van der Waals surface area contributed by atoms with Crippen molar-refractivity contribution < 1.29 is 4.42 Å². The van der Waals surface area contributed by atoms with Gasteiger partial charge in [0.25, 0.3) is 0 Å². The highest BCUT2D eigenvalue weighted by Crippen LogP contribution is 2.22. The number of hydrogen-bond donors (Lipinski definition) is 3. The third-order valence-electron chi connectivity index (χ3n) is 3.26. The first-order valence-corrected chi connectivity index (χ1v) is 5.83. The molecule has 2 heterocycles. The van der Waals surface area contributed by atoms with E-state index >= 15 is 0 Å². The smallest absolute Gasteiger partial charge is 0.408 e. The Morgan fingerprint density at radius 2 is 2.12 bits per heavy atom. The maximum absolute atomic E-state index is 11.1. The number of aromatic nitrogens is 1. The third kappa shape index (κ3) is 1.87. The lowest BCUT2D eigenvalue weighted by Gasteiger charge is -2.31. The number of piperazine rings is 1. The molecular formula is C12H15N3O2. The van der Waals surface area contributed by atoms with E-state index in [1.54, 1.807) is 0 Å². The quantitative estimate of drug-likeness (QED) is 0.679. The Morgan fingerprint density at radius 3 is 2.94 bits per heavy atom. The molecular weight excluding hydrogens is 218 g/mol. The van der Waals surface area contributed by atoms with Crippen LogP contribution in [0.1, 0.15) is 18.5 Å². The van der Waals surface area contributed by atoms with Gasteiger partial charge in [-0.05, 0) is 24.6 Å². The van der Waals surface area contributed by atoms with E-state index in [-0.39, 0.29) is 6.04 Å². The van der Waals surface area contributed by atoms with Crippen molar-refractivity contribution in [2.75, 3.05) is 13.1 Å². The Kier molecular flexibility index (Phi) is 2.49. The number of fused-ring (bicyclic) bond motifs is 1. The van der Waals surface area contributed by atoms with Crippen molar-refractivity contribution in [3.05, 3.63) is 34.3 Å². The molecule has 0 saturated carbocycles. The van der Waals surface area contributed by atoms with E-state index in [1.165, 1.54) is 0 Å². The van der Waals surface area contributed by atoms with Crippen LogP contribution in [0.3, 0.4) is 0 Å². The topological polar surface area (TPSA) is 70.1 Å². The van der Waals surface area contributed by atoms with Crippen molar-refractivity contribution in [2.24, 2.45) is 0 Å². The zero-order valence-corrected chi connectivity index (χ0v) is 9.62. The molecule has 1 aromatic heterocycles. The van der Waals surface area contributed by atoms with E-state index in [4.69, 9.17) is 4.42 Å². The zero-order chi connectivity index (χ0) is 11.8. The maximum atomic E-state index is 11.1. The highest BCUT2D eigenvalue weighted by atomic mass is 16.4. The maximum Gasteiger partial charge on any atom is 0.417 e. The van der Waals surface area contributed by atoms with Crippen LogP contribution in [-0.2, 0) is 0 Å². The van der Waals surface area contributed by atoms with Gasteiger partial charge in [-0.25, -0.2) is 4.79 Å². The SMILES string of the molecule is CC1NCCNC1c1ccc2oc(=O)[nH]c2c1. The molecule has 2 aromatic rings. The summed E-state index contributed by atoms with van der Waals surface area (Å²) in [5.74, 6) is -0.403. The summed E-state index contributed by atoms with van der Waals surface area (Å²) in [6, 6.07) is 6.46. The van der Waals surface area contributed by atoms with Gasteiger partial charge in [0, 0.05) is 25.2 Å². The average molecular weight is 233 g/mol. The number of aromatic amines is 1. The third-order valence-corrected chi connectivity index (χ3v) is 3.26. The Hall–Kier alpha value is -1.59. The fourth-order valence-corrected chi connectivity index (χ4v) is 2.39. The number of nitrogens with one attached hydrogen (secondary N) is 3. The predicted octanol–water partition coefficient (Wildman–Crippen LogP) is 0.743. The molecule has 0 spiro atoms. The highest BCUT2D eigenvalue weighted by Gasteiger charge is 2.22. The molecule has 17 heavy (non-hydrogen) atoms. The van der Waals surface area contributed by atoms with Gasteiger partial charge in [0.15, 0.2) is 5.58 Å². The standard InChI is InChI=1S/C12H15N3O2/c1-7-11(14-5-4-13-7)8-2-3-10-9(6-8)15-12(16)17-10/h2-3,6-7,11,13-14H,4-5H2,1H3,(H,15,16). The molecule has 0 aliphatic carbocycles. The monoisotopic (exact) mass is 233 g/mol. The summed E-state index contributed by atoms with van der Waals surface area (Å²) in [5.41, 5.74) is 2.52. The molecule has 1 aliphatic rings. The fourth-order valence-electron chi connectivity index (χ4n) is 2.39. The highest BCUT2D eigenvalue weighted by molar-refractivity contribution is 5.73. The minimum atomic E-state index is -0.403. The molecule has 0 radical (unpaired) electrons. The van der Waals surface area contributed by atoms with Crippen LogP contribution >= 0.6 is 0 Å². The van der Waals surface area contributed by atoms with Crippen molar-refractivity contribution >= 4 is 11.1 Å².